The van der Waals surface area contributed by atoms with Crippen LogP contribution in [0, 0.1) is 12.1 Å². The lowest BCUT2D eigenvalue weighted by molar-refractivity contribution is -0.605. The van der Waals surface area contributed by atoms with Crippen molar-refractivity contribution >= 4 is 21.7 Å². The van der Waals surface area contributed by atoms with E-state index in [9.17, 15) is 5.21 Å². The zero-order chi connectivity index (χ0) is 17.6. The first-order chi connectivity index (χ1) is 12.1. The van der Waals surface area contributed by atoms with Crippen molar-refractivity contribution in [3.05, 3.63) is 75.8 Å². The van der Waals surface area contributed by atoms with E-state index in [2.05, 4.69) is 31.2 Å². The summed E-state index contributed by atoms with van der Waals surface area (Å²) < 4.78 is 1.86. The first kappa shape index (κ1) is 17.4. The third-order valence-electron chi connectivity index (χ3n) is 3.74. The lowest BCUT2D eigenvalue weighted by Crippen LogP contribution is -2.24. The van der Waals surface area contributed by atoms with Gasteiger partial charge in [0.25, 0.3) is 0 Å². The van der Waals surface area contributed by atoms with E-state index in [0.717, 1.165) is 51.2 Å². The van der Waals surface area contributed by atoms with Crippen LogP contribution in [-0.4, -0.2) is 16.5 Å². The summed E-state index contributed by atoms with van der Waals surface area (Å²) in [5, 5.41) is 14.6. The number of nitrogens with zero attached hydrogens (tertiary/aromatic N) is 3. The van der Waals surface area contributed by atoms with Crippen LogP contribution in [0.5, 0.6) is 0 Å². The topological polar surface area (TPSA) is 64.8 Å². The largest absolute Gasteiger partial charge is 0.619 e. The molecule has 3 aromatic rings. The summed E-state index contributed by atoms with van der Waals surface area (Å²) in [6.45, 7) is 2.75. The maximum Gasteiger partial charge on any atom is 0.183 e. The van der Waals surface area contributed by atoms with Crippen LogP contribution in [-0.2, 0) is 6.42 Å². The molecular formula is C19H19BrN4O. The molecule has 2 heterocycles. The Labute approximate surface area is 155 Å². The molecule has 1 aromatic carbocycles. The fourth-order valence-corrected chi connectivity index (χ4v) is 2.81. The fourth-order valence-electron chi connectivity index (χ4n) is 2.54. The minimum atomic E-state index is 0.713. The minimum Gasteiger partial charge on any atom is -0.619 e. The molecule has 0 spiro atoms. The van der Waals surface area contributed by atoms with Gasteiger partial charge in [0, 0.05) is 40.0 Å². The summed E-state index contributed by atoms with van der Waals surface area (Å²) >= 11 is 3.44. The molecule has 0 saturated heterocycles. The van der Waals surface area contributed by atoms with Crippen molar-refractivity contribution < 1.29 is 4.73 Å². The average molecular weight is 399 g/mol. The molecule has 2 aromatic heterocycles. The van der Waals surface area contributed by atoms with Gasteiger partial charge in [0.1, 0.15) is 5.82 Å². The fraction of sp³-hybridized carbons (Fsp3) is 0.211. The van der Waals surface area contributed by atoms with Gasteiger partial charge in [-0.25, -0.2) is 9.97 Å². The SMILES string of the molecule is Cc1cc(NCCCc2ccc[n+]([O-])c2)nc(-c2ccc(Br)cc2)n1. The first-order valence-corrected chi connectivity index (χ1v) is 8.93. The van der Waals surface area contributed by atoms with E-state index in [1.807, 2.05) is 43.3 Å². The normalized spacial score (nSPS) is 10.6. The second kappa shape index (κ2) is 8.07. The number of pyridine rings is 1. The van der Waals surface area contributed by atoms with E-state index in [-0.39, 0.29) is 0 Å². The second-order valence-corrected chi connectivity index (χ2v) is 6.74. The van der Waals surface area contributed by atoms with Crippen LogP contribution in [0.2, 0.25) is 0 Å². The van der Waals surface area contributed by atoms with E-state index in [4.69, 9.17) is 0 Å². The molecule has 128 valence electrons. The number of anilines is 1. The van der Waals surface area contributed by atoms with Crippen molar-refractivity contribution in [2.75, 3.05) is 11.9 Å². The van der Waals surface area contributed by atoms with Crippen LogP contribution in [0.4, 0.5) is 5.82 Å². The van der Waals surface area contributed by atoms with Crippen molar-refractivity contribution in [2.45, 2.75) is 19.8 Å². The zero-order valence-corrected chi connectivity index (χ0v) is 15.5. The molecule has 0 atom stereocenters. The number of aryl methyl sites for hydroxylation is 2. The van der Waals surface area contributed by atoms with Gasteiger partial charge in [-0.2, -0.15) is 4.73 Å². The predicted octanol–water partition coefficient (Wildman–Crippen LogP) is 3.89. The van der Waals surface area contributed by atoms with E-state index in [1.54, 1.807) is 12.3 Å². The number of rotatable bonds is 6. The summed E-state index contributed by atoms with van der Waals surface area (Å²) in [5.74, 6) is 1.53. The molecule has 0 fully saturated rings. The Hall–Kier alpha value is -2.47. The molecule has 0 saturated carbocycles. The van der Waals surface area contributed by atoms with Crippen molar-refractivity contribution in [3.8, 4) is 11.4 Å². The average Bonchev–Trinajstić information content (AvgIpc) is 2.59. The summed E-state index contributed by atoms with van der Waals surface area (Å²) in [5.41, 5.74) is 2.94. The lowest BCUT2D eigenvalue weighted by Gasteiger charge is -2.09. The predicted molar refractivity (Wildman–Crippen MR) is 102 cm³/mol. The molecule has 1 N–H and O–H groups in total. The second-order valence-electron chi connectivity index (χ2n) is 5.83. The van der Waals surface area contributed by atoms with Crippen molar-refractivity contribution in [1.29, 1.82) is 0 Å². The van der Waals surface area contributed by atoms with Gasteiger partial charge >= 0.3 is 0 Å². The van der Waals surface area contributed by atoms with Gasteiger partial charge in [-0.15, -0.1) is 0 Å². The summed E-state index contributed by atoms with van der Waals surface area (Å²) in [6.07, 6.45) is 4.87. The van der Waals surface area contributed by atoms with Gasteiger partial charge in [0.05, 0.1) is 0 Å². The highest BCUT2D eigenvalue weighted by atomic mass is 79.9. The number of benzene rings is 1. The number of nitrogens with one attached hydrogen (secondary N) is 1. The molecule has 3 rings (SSSR count). The van der Waals surface area contributed by atoms with Gasteiger partial charge in [0.15, 0.2) is 18.2 Å². The highest BCUT2D eigenvalue weighted by Gasteiger charge is 2.05. The highest BCUT2D eigenvalue weighted by Crippen LogP contribution is 2.20. The molecule has 0 unspecified atom stereocenters. The van der Waals surface area contributed by atoms with Crippen LogP contribution >= 0.6 is 15.9 Å². The third-order valence-corrected chi connectivity index (χ3v) is 4.27. The van der Waals surface area contributed by atoms with E-state index in [0.29, 0.717) is 5.82 Å². The Balaban J connectivity index is 1.61. The summed E-state index contributed by atoms with van der Waals surface area (Å²) in [6, 6.07) is 13.6. The molecule has 6 heteroatoms. The monoisotopic (exact) mass is 398 g/mol. The van der Waals surface area contributed by atoms with Gasteiger partial charge < -0.3 is 10.5 Å². The van der Waals surface area contributed by atoms with Crippen molar-refractivity contribution in [1.82, 2.24) is 9.97 Å². The standard InChI is InChI=1S/C19H19BrN4O/c1-14-12-18(21-10-2-4-15-5-3-11-24(25)13-15)23-19(22-14)16-6-8-17(20)9-7-16/h3,5-9,11-13H,2,4,10H2,1H3,(H,21,22,23). The quantitative estimate of drug-likeness (QED) is 0.388. The minimum absolute atomic E-state index is 0.713. The van der Waals surface area contributed by atoms with Crippen LogP contribution in [0.3, 0.4) is 0 Å². The zero-order valence-electron chi connectivity index (χ0n) is 13.9. The molecular weight excluding hydrogens is 380 g/mol. The number of hydrogen-bond acceptors (Lipinski definition) is 4. The van der Waals surface area contributed by atoms with E-state index >= 15 is 0 Å². The maximum atomic E-state index is 11.3. The number of aromatic nitrogens is 3. The Morgan fingerprint density at radius 2 is 1.96 bits per heavy atom. The molecule has 0 bridgehead atoms. The Kier molecular flexibility index (Phi) is 5.60. The molecule has 5 nitrogen and oxygen atoms in total. The van der Waals surface area contributed by atoms with E-state index < -0.39 is 0 Å². The summed E-state index contributed by atoms with van der Waals surface area (Å²) in [4.78, 5) is 9.12. The van der Waals surface area contributed by atoms with E-state index in [1.165, 1.54) is 6.20 Å². The van der Waals surface area contributed by atoms with Gasteiger partial charge in [-0.1, -0.05) is 28.1 Å². The maximum absolute atomic E-state index is 11.3. The van der Waals surface area contributed by atoms with Gasteiger partial charge in [-0.3, -0.25) is 0 Å². The Bertz CT molecular complexity index is 852. The van der Waals surface area contributed by atoms with Crippen LogP contribution in [0.1, 0.15) is 17.7 Å². The number of hydrogen-bond donors (Lipinski definition) is 1. The smallest absolute Gasteiger partial charge is 0.183 e. The summed E-state index contributed by atoms with van der Waals surface area (Å²) in [7, 11) is 0. The molecule has 0 amide bonds. The van der Waals surface area contributed by atoms with Gasteiger partial charge in [-0.05, 0) is 38.0 Å². The molecule has 0 aliphatic carbocycles. The van der Waals surface area contributed by atoms with Gasteiger partial charge in [0.2, 0.25) is 0 Å². The molecule has 0 aliphatic heterocycles. The molecule has 25 heavy (non-hydrogen) atoms. The Morgan fingerprint density at radius 1 is 1.16 bits per heavy atom. The Morgan fingerprint density at radius 3 is 2.72 bits per heavy atom. The molecule has 0 aliphatic rings. The number of halogens is 1. The first-order valence-electron chi connectivity index (χ1n) is 8.13. The third kappa shape index (κ3) is 5.00. The highest BCUT2D eigenvalue weighted by molar-refractivity contribution is 9.10. The van der Waals surface area contributed by atoms with Crippen molar-refractivity contribution in [2.24, 2.45) is 0 Å². The van der Waals surface area contributed by atoms with Crippen LogP contribution in [0.15, 0.2) is 59.3 Å². The van der Waals surface area contributed by atoms with Crippen LogP contribution in [0.25, 0.3) is 11.4 Å². The van der Waals surface area contributed by atoms with Crippen molar-refractivity contribution in [3.63, 3.8) is 0 Å². The van der Waals surface area contributed by atoms with Crippen LogP contribution < -0.4 is 10.0 Å². The molecule has 0 radical (unpaired) electrons. The lowest BCUT2D eigenvalue weighted by atomic mass is 10.1.